The Morgan fingerprint density at radius 3 is 2.42 bits per heavy atom. The van der Waals surface area contributed by atoms with Gasteiger partial charge in [0.2, 0.25) is 5.88 Å². The number of allylic oxidation sites excluding steroid dienone is 1. The van der Waals surface area contributed by atoms with E-state index in [1.807, 2.05) is 72.8 Å². The summed E-state index contributed by atoms with van der Waals surface area (Å²) in [4.78, 5) is 7.24. The summed E-state index contributed by atoms with van der Waals surface area (Å²) >= 11 is 6.41. The minimum Gasteiger partial charge on any atom is -0.439 e. The van der Waals surface area contributed by atoms with Gasteiger partial charge in [0.05, 0.1) is 11.1 Å². The molecule has 0 bridgehead atoms. The zero-order chi connectivity index (χ0) is 29.8. The van der Waals surface area contributed by atoms with Crippen LogP contribution < -0.4 is 4.74 Å². The van der Waals surface area contributed by atoms with Crippen molar-refractivity contribution in [2.24, 2.45) is 0 Å². The summed E-state index contributed by atoms with van der Waals surface area (Å²) in [6, 6.07) is 36.5. The number of fused-ring (bicyclic) bond motifs is 2. The largest absolute Gasteiger partial charge is 0.439 e. The summed E-state index contributed by atoms with van der Waals surface area (Å²) in [5, 5.41) is 14.3. The number of benzene rings is 4. The third-order valence-corrected chi connectivity index (χ3v) is 8.37. The Morgan fingerprint density at radius 2 is 1.65 bits per heavy atom. The number of pyridine rings is 1. The van der Waals surface area contributed by atoms with Crippen molar-refractivity contribution in [2.45, 2.75) is 31.4 Å². The molecule has 1 aromatic heterocycles. The van der Waals surface area contributed by atoms with Crippen LogP contribution in [0, 0.1) is 6.92 Å². The van der Waals surface area contributed by atoms with Crippen LogP contribution in [-0.4, -0.2) is 34.2 Å². The monoisotopic (exact) mass is 586 g/mol. The van der Waals surface area contributed by atoms with E-state index >= 15 is 0 Å². The normalized spacial score (nSPS) is 19.9. The van der Waals surface area contributed by atoms with Gasteiger partial charge in [0.15, 0.2) is 0 Å². The van der Waals surface area contributed by atoms with E-state index in [4.69, 9.17) is 21.3 Å². The molecule has 2 heterocycles. The Balaban J connectivity index is 1.49. The van der Waals surface area contributed by atoms with Gasteiger partial charge < -0.3 is 14.7 Å². The lowest BCUT2D eigenvalue weighted by Gasteiger charge is -2.37. The van der Waals surface area contributed by atoms with Crippen molar-refractivity contribution in [3.8, 4) is 5.88 Å². The summed E-state index contributed by atoms with van der Waals surface area (Å²) in [5.41, 5.74) is 4.75. The molecule has 2 atom stereocenters. The molecule has 4 aromatic carbocycles. The van der Waals surface area contributed by atoms with E-state index in [1.165, 1.54) is 5.56 Å². The van der Waals surface area contributed by atoms with E-state index in [-0.39, 0.29) is 0 Å². The molecule has 1 aliphatic heterocycles. The fraction of sp³-hybridized carbons (Fsp3) is 0.184. The highest BCUT2D eigenvalue weighted by molar-refractivity contribution is 6.31. The van der Waals surface area contributed by atoms with E-state index in [9.17, 15) is 5.11 Å². The highest BCUT2D eigenvalue weighted by Gasteiger charge is 2.40. The lowest BCUT2D eigenvalue weighted by atomic mass is 9.74. The van der Waals surface area contributed by atoms with Crippen molar-refractivity contribution in [2.75, 3.05) is 13.6 Å². The van der Waals surface area contributed by atoms with Crippen LogP contribution in [0.3, 0.4) is 0 Å². The maximum absolute atomic E-state index is 12.8. The van der Waals surface area contributed by atoms with Crippen LogP contribution >= 0.6 is 11.6 Å². The van der Waals surface area contributed by atoms with Gasteiger partial charge in [-0.1, -0.05) is 96.5 Å². The van der Waals surface area contributed by atoms with E-state index in [0.717, 1.165) is 39.7 Å². The molecule has 6 rings (SSSR count). The molecule has 0 spiro atoms. The number of ether oxygens (including phenoxy) is 1. The third kappa shape index (κ3) is 6.57. The molecule has 216 valence electrons. The number of nitrogens with zero attached hydrogens (tertiary/aromatic N) is 2. The van der Waals surface area contributed by atoms with E-state index in [1.54, 1.807) is 0 Å². The van der Waals surface area contributed by atoms with Crippen molar-refractivity contribution < 1.29 is 9.84 Å². The van der Waals surface area contributed by atoms with Crippen LogP contribution in [0.15, 0.2) is 127 Å². The van der Waals surface area contributed by atoms with Crippen LogP contribution in [0.5, 0.6) is 5.88 Å². The highest BCUT2D eigenvalue weighted by atomic mass is 35.5. The molecule has 0 radical (unpaired) electrons. The Kier molecular flexibility index (Phi) is 8.44. The predicted molar refractivity (Wildman–Crippen MR) is 176 cm³/mol. The van der Waals surface area contributed by atoms with Crippen molar-refractivity contribution in [1.82, 2.24) is 9.88 Å². The number of aryl methyl sites for hydroxylation is 1. The van der Waals surface area contributed by atoms with Crippen LogP contribution in [0.2, 0.25) is 5.02 Å². The predicted octanol–water partition coefficient (Wildman–Crippen LogP) is 8.57. The van der Waals surface area contributed by atoms with Gasteiger partial charge in [-0.05, 0) is 85.1 Å². The number of aliphatic hydroxyl groups is 1. The molecule has 5 aromatic rings. The summed E-state index contributed by atoms with van der Waals surface area (Å²) in [7, 11) is 2.10. The zero-order valence-corrected chi connectivity index (χ0v) is 25.2. The van der Waals surface area contributed by atoms with Gasteiger partial charge in [-0.2, -0.15) is 0 Å². The first-order valence-corrected chi connectivity index (χ1v) is 15.0. The fourth-order valence-corrected chi connectivity index (χ4v) is 6.02. The molecule has 2 unspecified atom stereocenters. The summed E-state index contributed by atoms with van der Waals surface area (Å²) in [5.74, 6) is 0.656. The Hall–Kier alpha value is -4.22. The number of rotatable bonds is 7. The molecule has 43 heavy (non-hydrogen) atoms. The molecule has 0 fully saturated rings. The maximum atomic E-state index is 12.8. The van der Waals surface area contributed by atoms with Gasteiger partial charge in [0, 0.05) is 35.0 Å². The van der Waals surface area contributed by atoms with Crippen molar-refractivity contribution in [3.05, 3.63) is 160 Å². The minimum absolute atomic E-state index is 0.430. The molecule has 0 saturated carbocycles. The summed E-state index contributed by atoms with van der Waals surface area (Å²) < 4.78 is 6.59. The highest BCUT2D eigenvalue weighted by Crippen LogP contribution is 2.45. The molecule has 1 aliphatic rings. The van der Waals surface area contributed by atoms with Crippen molar-refractivity contribution >= 4 is 28.6 Å². The number of aromatic nitrogens is 1. The average molecular weight is 587 g/mol. The summed E-state index contributed by atoms with van der Waals surface area (Å²) in [6.45, 7) is 3.55. The Bertz CT molecular complexity index is 1780. The second kappa shape index (κ2) is 12.6. The third-order valence-electron chi connectivity index (χ3n) is 8.14. The second-order valence-corrected chi connectivity index (χ2v) is 11.8. The van der Waals surface area contributed by atoms with Crippen LogP contribution in [-0.2, 0) is 6.54 Å². The molecule has 0 saturated heterocycles. The Morgan fingerprint density at radius 1 is 0.930 bits per heavy atom. The first kappa shape index (κ1) is 28.9. The van der Waals surface area contributed by atoms with Gasteiger partial charge in [0.1, 0.15) is 5.76 Å². The molecule has 0 amide bonds. The van der Waals surface area contributed by atoms with Gasteiger partial charge in [-0.25, -0.2) is 4.98 Å². The first-order valence-electron chi connectivity index (χ1n) is 14.6. The number of hydrogen-bond acceptors (Lipinski definition) is 4. The molecule has 0 aliphatic carbocycles. The average Bonchev–Trinajstić information content (AvgIpc) is 3.01. The number of halogens is 1. The Labute approximate surface area is 258 Å². The molecule has 1 N–H and O–H groups in total. The topological polar surface area (TPSA) is 45.6 Å². The standard InChI is InChI=1S/C38H35ClN2O2/c1-27-11-9-10-16-30(27)24-33-19-20-38(42,21-22-41(2)26-28-12-5-3-6-13-28)36(29-14-7-4-8-15-29)34-25-31-23-32(39)17-18-35(31)40-37(34)43-33/h3-20,23-25,36,42H,21-22,26H2,1-2H3/b20-19+,33-24+. The van der Waals surface area contributed by atoms with Crippen LogP contribution in [0.25, 0.3) is 17.0 Å². The van der Waals surface area contributed by atoms with E-state index < -0.39 is 11.5 Å². The number of hydrogen-bond donors (Lipinski definition) is 1. The molecular weight excluding hydrogens is 552 g/mol. The summed E-state index contributed by atoms with van der Waals surface area (Å²) in [6.07, 6.45) is 6.32. The van der Waals surface area contributed by atoms with Gasteiger partial charge in [0.25, 0.3) is 0 Å². The van der Waals surface area contributed by atoms with Gasteiger partial charge >= 0.3 is 0 Å². The lowest BCUT2D eigenvalue weighted by molar-refractivity contribution is 0.0518. The fourth-order valence-electron chi connectivity index (χ4n) is 5.84. The molecular formula is C38H35ClN2O2. The van der Waals surface area contributed by atoms with Crippen molar-refractivity contribution in [1.29, 1.82) is 0 Å². The second-order valence-electron chi connectivity index (χ2n) is 11.4. The first-order chi connectivity index (χ1) is 20.9. The van der Waals surface area contributed by atoms with Crippen molar-refractivity contribution in [3.63, 3.8) is 0 Å². The minimum atomic E-state index is -1.25. The van der Waals surface area contributed by atoms with E-state index in [0.29, 0.717) is 29.6 Å². The zero-order valence-electron chi connectivity index (χ0n) is 24.5. The van der Waals surface area contributed by atoms with Gasteiger partial charge in [-0.15, -0.1) is 0 Å². The SMILES string of the molecule is Cc1ccccc1/C=C1\C=C\C(O)(CCN(C)Cc2ccccc2)C(c2ccccc2)c2cc3cc(Cl)ccc3nc2O1. The van der Waals surface area contributed by atoms with E-state index in [2.05, 4.69) is 73.5 Å². The van der Waals surface area contributed by atoms with Gasteiger partial charge in [-0.3, -0.25) is 0 Å². The smallest absolute Gasteiger partial charge is 0.223 e. The quantitative estimate of drug-likeness (QED) is 0.207. The lowest BCUT2D eigenvalue weighted by Crippen LogP contribution is -2.39. The maximum Gasteiger partial charge on any atom is 0.223 e. The molecule has 4 nitrogen and oxygen atoms in total. The van der Waals surface area contributed by atoms with Crippen LogP contribution in [0.1, 0.15) is 40.2 Å². The van der Waals surface area contributed by atoms with Crippen LogP contribution in [0.4, 0.5) is 0 Å². The molecule has 5 heteroatoms.